The van der Waals surface area contributed by atoms with Crippen LogP contribution in [0.2, 0.25) is 0 Å². The van der Waals surface area contributed by atoms with E-state index in [0.717, 1.165) is 11.4 Å². The van der Waals surface area contributed by atoms with Gasteiger partial charge in [0.1, 0.15) is 16.8 Å². The maximum atomic E-state index is 12.3. The Morgan fingerprint density at radius 3 is 1.33 bits per heavy atom. The van der Waals surface area contributed by atoms with Gasteiger partial charge in [-0.2, -0.15) is 0 Å². The lowest BCUT2D eigenvalue weighted by molar-refractivity contribution is 0.0542. The summed E-state index contributed by atoms with van der Waals surface area (Å²) >= 11 is 0. The van der Waals surface area contributed by atoms with Crippen LogP contribution in [0.1, 0.15) is 62.3 Å². The van der Waals surface area contributed by atoms with Crippen LogP contribution in [-0.4, -0.2) is 41.0 Å². The topological polar surface area (TPSA) is 139 Å². The van der Waals surface area contributed by atoms with Crippen molar-refractivity contribution in [2.45, 2.75) is 79.1 Å². The molecule has 2 aromatic carbocycles. The van der Waals surface area contributed by atoms with E-state index in [1.807, 2.05) is 12.1 Å². The van der Waals surface area contributed by atoms with Gasteiger partial charge < -0.3 is 19.5 Å². The van der Waals surface area contributed by atoms with Gasteiger partial charge in [-0.05, 0) is 111 Å². The van der Waals surface area contributed by atoms with E-state index in [2.05, 4.69) is 26.3 Å². The van der Waals surface area contributed by atoms with Crippen LogP contribution in [0, 0.1) is 0 Å². The molecule has 2 rings (SSSR count). The second-order valence-corrected chi connectivity index (χ2v) is 11.6. The van der Waals surface area contributed by atoms with E-state index in [4.69, 9.17) is 14.2 Å². The summed E-state index contributed by atoms with van der Waals surface area (Å²) in [5.41, 5.74) is 0.557. The molecule has 3 amide bonds. The standard InChI is InChI=1S/C28H39N5O6/c1-26(2,3)37-23(34)31-21-16-12-19(13-17-21)29-18-10-14-20(15-11-18)30-22(32-24(35)38-27(4,5)6)33-25(36)39-28(7,8)9/h10-17,29H,1-9H3,(H,31,34)(H2,30,32,33,35,36). The fraction of sp³-hybridized carbons (Fsp3) is 0.429. The van der Waals surface area contributed by atoms with Gasteiger partial charge in [0.25, 0.3) is 0 Å². The van der Waals surface area contributed by atoms with Crippen LogP contribution >= 0.6 is 0 Å². The number of carbonyl (C=O) groups excluding carboxylic acids is 3. The number of aliphatic imine (C=N–C) groups is 1. The third-order valence-electron chi connectivity index (χ3n) is 4.17. The number of benzene rings is 2. The fourth-order valence-electron chi connectivity index (χ4n) is 2.86. The average Bonchev–Trinajstić information content (AvgIpc) is 2.72. The quantitative estimate of drug-likeness (QED) is 0.189. The molecule has 0 aromatic heterocycles. The molecule has 2 aromatic rings. The van der Waals surface area contributed by atoms with E-state index in [1.54, 1.807) is 98.7 Å². The number of carbonyl (C=O) groups is 3. The summed E-state index contributed by atoms with van der Waals surface area (Å²) < 4.78 is 15.8. The molecule has 11 nitrogen and oxygen atoms in total. The minimum atomic E-state index is -0.778. The summed E-state index contributed by atoms with van der Waals surface area (Å²) in [5, 5.41) is 10.8. The highest BCUT2D eigenvalue weighted by Crippen LogP contribution is 2.22. The van der Waals surface area contributed by atoms with Gasteiger partial charge >= 0.3 is 18.3 Å². The number of amides is 3. The Kier molecular flexibility index (Phi) is 9.92. The van der Waals surface area contributed by atoms with Crippen LogP contribution in [0.25, 0.3) is 0 Å². The first-order valence-corrected chi connectivity index (χ1v) is 12.4. The highest BCUT2D eigenvalue weighted by atomic mass is 16.6. The molecular formula is C28H39N5O6. The Labute approximate surface area is 229 Å². The van der Waals surface area contributed by atoms with Crippen molar-refractivity contribution in [3.8, 4) is 0 Å². The predicted octanol–water partition coefficient (Wildman–Crippen LogP) is 6.81. The van der Waals surface area contributed by atoms with Gasteiger partial charge in [0, 0.05) is 17.1 Å². The van der Waals surface area contributed by atoms with Crippen molar-refractivity contribution >= 4 is 47.0 Å². The minimum absolute atomic E-state index is 0.146. The molecule has 0 aliphatic carbocycles. The van der Waals surface area contributed by atoms with Gasteiger partial charge in [-0.25, -0.2) is 19.4 Å². The molecule has 4 N–H and O–H groups in total. The van der Waals surface area contributed by atoms with Crippen LogP contribution in [0.15, 0.2) is 53.5 Å². The molecule has 0 bridgehead atoms. The lowest BCUT2D eigenvalue weighted by Crippen LogP contribution is -2.47. The molecule has 0 saturated carbocycles. The molecule has 0 fully saturated rings. The smallest absolute Gasteiger partial charge is 0.414 e. The van der Waals surface area contributed by atoms with Crippen LogP contribution in [0.5, 0.6) is 0 Å². The third-order valence-corrected chi connectivity index (χ3v) is 4.17. The summed E-state index contributed by atoms with van der Waals surface area (Å²) in [5.74, 6) is -0.146. The molecular weight excluding hydrogens is 502 g/mol. The van der Waals surface area contributed by atoms with E-state index in [9.17, 15) is 14.4 Å². The number of ether oxygens (including phenoxy) is 3. The predicted molar refractivity (Wildman–Crippen MR) is 152 cm³/mol. The Balaban J connectivity index is 2.10. The van der Waals surface area contributed by atoms with Crippen LogP contribution in [0.4, 0.5) is 37.1 Å². The molecule has 0 heterocycles. The van der Waals surface area contributed by atoms with E-state index < -0.39 is 35.1 Å². The highest BCUT2D eigenvalue weighted by molar-refractivity contribution is 6.02. The number of nitrogens with one attached hydrogen (secondary N) is 4. The second kappa shape index (κ2) is 12.5. The molecule has 0 unspecified atom stereocenters. The van der Waals surface area contributed by atoms with Crippen molar-refractivity contribution in [2.24, 2.45) is 4.99 Å². The maximum absolute atomic E-state index is 12.3. The van der Waals surface area contributed by atoms with E-state index in [0.29, 0.717) is 11.4 Å². The van der Waals surface area contributed by atoms with Crippen LogP contribution < -0.4 is 21.3 Å². The van der Waals surface area contributed by atoms with Crippen molar-refractivity contribution in [3.63, 3.8) is 0 Å². The summed E-state index contributed by atoms with van der Waals surface area (Å²) in [6, 6.07) is 14.1. The second-order valence-electron chi connectivity index (χ2n) is 11.6. The van der Waals surface area contributed by atoms with Gasteiger partial charge in [0.2, 0.25) is 5.96 Å². The summed E-state index contributed by atoms with van der Waals surface area (Å²) in [6.07, 6.45) is -2.08. The largest absolute Gasteiger partial charge is 0.444 e. The van der Waals surface area contributed by atoms with E-state index >= 15 is 0 Å². The lowest BCUT2D eigenvalue weighted by atomic mass is 10.2. The third kappa shape index (κ3) is 13.2. The first-order chi connectivity index (χ1) is 17.9. The minimum Gasteiger partial charge on any atom is -0.444 e. The van der Waals surface area contributed by atoms with Crippen molar-refractivity contribution in [3.05, 3.63) is 48.5 Å². The lowest BCUT2D eigenvalue weighted by Gasteiger charge is -2.22. The zero-order valence-electron chi connectivity index (χ0n) is 24.0. The molecule has 0 aliphatic heterocycles. The Morgan fingerprint density at radius 2 is 0.923 bits per heavy atom. The summed E-state index contributed by atoms with van der Waals surface area (Å²) in [7, 11) is 0. The molecule has 0 radical (unpaired) electrons. The summed E-state index contributed by atoms with van der Waals surface area (Å²) in [6.45, 7) is 15.7. The maximum Gasteiger partial charge on any atom is 0.414 e. The SMILES string of the molecule is CC(C)(C)OC(=O)NC(=Nc1ccc(Nc2ccc(NC(=O)OC(C)(C)C)cc2)cc1)NC(=O)OC(C)(C)C. The number of nitrogens with zero attached hydrogens (tertiary/aromatic N) is 1. The van der Waals surface area contributed by atoms with Gasteiger partial charge in [-0.1, -0.05) is 0 Å². The van der Waals surface area contributed by atoms with Crippen molar-refractivity contribution < 1.29 is 28.6 Å². The monoisotopic (exact) mass is 541 g/mol. The molecule has 212 valence electrons. The average molecular weight is 542 g/mol. The first-order valence-electron chi connectivity index (χ1n) is 12.4. The zero-order valence-corrected chi connectivity index (χ0v) is 24.0. The molecule has 39 heavy (non-hydrogen) atoms. The van der Waals surface area contributed by atoms with Crippen LogP contribution in [0.3, 0.4) is 0 Å². The van der Waals surface area contributed by atoms with E-state index in [-0.39, 0.29) is 5.96 Å². The number of guanidine groups is 1. The van der Waals surface area contributed by atoms with Gasteiger partial charge in [0.15, 0.2) is 0 Å². The number of anilines is 3. The molecule has 0 spiro atoms. The Bertz CT molecular complexity index is 1140. The van der Waals surface area contributed by atoms with Gasteiger partial charge in [-0.15, -0.1) is 0 Å². The number of rotatable bonds is 4. The number of hydrogen-bond donors (Lipinski definition) is 4. The summed E-state index contributed by atoms with van der Waals surface area (Å²) in [4.78, 5) is 40.8. The normalized spacial score (nSPS) is 11.5. The highest BCUT2D eigenvalue weighted by Gasteiger charge is 2.21. The van der Waals surface area contributed by atoms with Crippen molar-refractivity contribution in [1.29, 1.82) is 0 Å². The molecule has 11 heteroatoms. The van der Waals surface area contributed by atoms with Gasteiger partial charge in [-0.3, -0.25) is 16.0 Å². The van der Waals surface area contributed by atoms with Crippen molar-refractivity contribution in [2.75, 3.05) is 10.6 Å². The molecule has 0 saturated heterocycles. The first kappa shape index (κ1) is 30.9. The number of hydrogen-bond acceptors (Lipinski definition) is 8. The van der Waals surface area contributed by atoms with Crippen LogP contribution in [-0.2, 0) is 14.2 Å². The number of alkyl carbamates (subject to hydrolysis) is 2. The Morgan fingerprint density at radius 1 is 0.564 bits per heavy atom. The van der Waals surface area contributed by atoms with E-state index in [1.165, 1.54) is 0 Å². The Hall–Kier alpha value is -4.28. The van der Waals surface area contributed by atoms with Gasteiger partial charge in [0.05, 0.1) is 5.69 Å². The fourth-order valence-corrected chi connectivity index (χ4v) is 2.86. The molecule has 0 aliphatic rings. The molecule has 0 atom stereocenters. The zero-order chi connectivity index (χ0) is 29.4. The van der Waals surface area contributed by atoms with Crippen molar-refractivity contribution in [1.82, 2.24) is 10.6 Å².